The quantitative estimate of drug-likeness (QED) is 0.689. The van der Waals surface area contributed by atoms with Crippen molar-refractivity contribution in [3.05, 3.63) is 76.9 Å². The summed E-state index contributed by atoms with van der Waals surface area (Å²) in [7, 11) is 0. The van der Waals surface area contributed by atoms with Crippen molar-refractivity contribution in [1.29, 1.82) is 0 Å². The summed E-state index contributed by atoms with van der Waals surface area (Å²) in [5.74, 6) is 0.000194. The molecule has 1 aliphatic heterocycles. The van der Waals surface area contributed by atoms with Crippen molar-refractivity contribution >= 4 is 17.5 Å². The molecule has 1 aliphatic rings. The van der Waals surface area contributed by atoms with E-state index in [9.17, 15) is 4.79 Å². The standard InChI is InChI=1S/C22H22ClN3O2/c23-18-8-6-17(7-9-18)21-20(14-24-25-21)22(27)26-12-10-19(11-13-26)28-15-16-4-2-1-3-5-16/h1-9,14,19H,10-13,15H2,(H,24,25). The van der Waals surface area contributed by atoms with Crippen molar-refractivity contribution < 1.29 is 9.53 Å². The fourth-order valence-corrected chi connectivity index (χ4v) is 3.60. The number of ether oxygens (including phenoxy) is 1. The highest BCUT2D eigenvalue weighted by atomic mass is 35.5. The fraction of sp³-hybridized carbons (Fsp3) is 0.273. The molecule has 1 N–H and O–H groups in total. The van der Waals surface area contributed by atoms with Gasteiger partial charge >= 0.3 is 0 Å². The number of hydrogen-bond donors (Lipinski definition) is 1. The van der Waals surface area contributed by atoms with Gasteiger partial charge in [0.2, 0.25) is 0 Å². The molecule has 1 fully saturated rings. The molecule has 1 amide bonds. The van der Waals surface area contributed by atoms with E-state index in [0.717, 1.165) is 24.1 Å². The maximum absolute atomic E-state index is 13.0. The summed E-state index contributed by atoms with van der Waals surface area (Å²) in [6.45, 7) is 1.98. The number of benzene rings is 2. The molecule has 0 spiro atoms. The topological polar surface area (TPSA) is 58.2 Å². The Hall–Kier alpha value is -2.63. The van der Waals surface area contributed by atoms with Crippen LogP contribution in [0.5, 0.6) is 0 Å². The van der Waals surface area contributed by atoms with Crippen molar-refractivity contribution in [2.45, 2.75) is 25.6 Å². The number of carbonyl (C=O) groups is 1. The van der Waals surface area contributed by atoms with E-state index in [-0.39, 0.29) is 12.0 Å². The maximum atomic E-state index is 13.0. The van der Waals surface area contributed by atoms with Crippen molar-refractivity contribution in [1.82, 2.24) is 15.1 Å². The predicted octanol–water partition coefficient (Wildman–Crippen LogP) is 4.55. The highest BCUT2D eigenvalue weighted by Crippen LogP contribution is 2.25. The number of rotatable bonds is 5. The van der Waals surface area contributed by atoms with E-state index < -0.39 is 0 Å². The average molecular weight is 396 g/mol. The molecular weight excluding hydrogens is 374 g/mol. The molecule has 0 aliphatic carbocycles. The van der Waals surface area contributed by atoms with Gasteiger partial charge in [-0.3, -0.25) is 9.89 Å². The van der Waals surface area contributed by atoms with Crippen LogP contribution in [0.3, 0.4) is 0 Å². The van der Waals surface area contributed by atoms with Gasteiger partial charge in [0.05, 0.1) is 30.2 Å². The highest BCUT2D eigenvalue weighted by Gasteiger charge is 2.26. The van der Waals surface area contributed by atoms with Crippen LogP contribution < -0.4 is 0 Å². The number of hydrogen-bond acceptors (Lipinski definition) is 3. The van der Waals surface area contributed by atoms with Crippen LogP contribution in [0.15, 0.2) is 60.8 Å². The molecule has 6 heteroatoms. The summed E-state index contributed by atoms with van der Waals surface area (Å²) in [5, 5.41) is 7.69. The third-order valence-electron chi connectivity index (χ3n) is 5.06. The molecule has 0 atom stereocenters. The zero-order valence-corrected chi connectivity index (χ0v) is 16.2. The van der Waals surface area contributed by atoms with Crippen molar-refractivity contribution in [3.63, 3.8) is 0 Å². The number of carbonyl (C=O) groups excluding carboxylic acids is 1. The predicted molar refractivity (Wildman–Crippen MR) is 109 cm³/mol. The number of piperidine rings is 1. The minimum Gasteiger partial charge on any atom is -0.373 e. The largest absolute Gasteiger partial charge is 0.373 e. The zero-order valence-electron chi connectivity index (χ0n) is 15.5. The number of nitrogens with one attached hydrogen (secondary N) is 1. The lowest BCUT2D eigenvalue weighted by molar-refractivity contribution is -0.000359. The molecule has 0 radical (unpaired) electrons. The summed E-state index contributed by atoms with van der Waals surface area (Å²) in [5.41, 5.74) is 3.38. The van der Waals surface area contributed by atoms with E-state index in [2.05, 4.69) is 22.3 Å². The summed E-state index contributed by atoms with van der Waals surface area (Å²) >= 11 is 5.96. The van der Waals surface area contributed by atoms with Crippen LogP contribution in [0.25, 0.3) is 11.3 Å². The van der Waals surface area contributed by atoms with Gasteiger partial charge in [-0.25, -0.2) is 0 Å². The second-order valence-corrected chi connectivity index (χ2v) is 7.39. The molecule has 28 heavy (non-hydrogen) atoms. The molecule has 5 nitrogen and oxygen atoms in total. The lowest BCUT2D eigenvalue weighted by Crippen LogP contribution is -2.40. The molecule has 144 valence electrons. The molecule has 3 aromatic rings. The van der Waals surface area contributed by atoms with Gasteiger partial charge in [-0.2, -0.15) is 5.10 Å². The summed E-state index contributed by atoms with van der Waals surface area (Å²) in [6, 6.07) is 17.6. The number of aromatic nitrogens is 2. The van der Waals surface area contributed by atoms with Crippen molar-refractivity contribution in [2.24, 2.45) is 0 Å². The average Bonchev–Trinajstić information content (AvgIpc) is 3.23. The molecule has 2 aromatic carbocycles. The lowest BCUT2D eigenvalue weighted by Gasteiger charge is -2.32. The number of aromatic amines is 1. The van der Waals surface area contributed by atoms with Crippen LogP contribution >= 0.6 is 11.6 Å². The molecule has 4 rings (SSSR count). The van der Waals surface area contributed by atoms with E-state index in [4.69, 9.17) is 16.3 Å². The summed E-state index contributed by atoms with van der Waals surface area (Å²) < 4.78 is 6.02. The monoisotopic (exact) mass is 395 g/mol. The first kappa shape index (κ1) is 18.7. The first-order valence-corrected chi connectivity index (χ1v) is 9.82. The molecule has 1 saturated heterocycles. The van der Waals surface area contributed by atoms with Gasteiger partial charge in [0.15, 0.2) is 0 Å². The van der Waals surface area contributed by atoms with E-state index in [1.165, 1.54) is 5.56 Å². The maximum Gasteiger partial charge on any atom is 0.257 e. The van der Waals surface area contributed by atoms with Crippen LogP contribution in [0.4, 0.5) is 0 Å². The Balaban J connectivity index is 1.36. The Morgan fingerprint density at radius 2 is 1.82 bits per heavy atom. The smallest absolute Gasteiger partial charge is 0.257 e. The molecule has 0 unspecified atom stereocenters. The molecule has 1 aromatic heterocycles. The number of nitrogens with zero attached hydrogens (tertiary/aromatic N) is 2. The van der Waals surface area contributed by atoms with E-state index in [1.54, 1.807) is 6.20 Å². The first-order chi connectivity index (χ1) is 13.7. The van der Waals surface area contributed by atoms with Gasteiger partial charge in [-0.1, -0.05) is 54.1 Å². The highest BCUT2D eigenvalue weighted by molar-refractivity contribution is 6.30. The van der Waals surface area contributed by atoms with E-state index >= 15 is 0 Å². The summed E-state index contributed by atoms with van der Waals surface area (Å²) in [4.78, 5) is 14.9. The second-order valence-electron chi connectivity index (χ2n) is 6.95. The summed E-state index contributed by atoms with van der Waals surface area (Å²) in [6.07, 6.45) is 3.47. The van der Waals surface area contributed by atoms with Crippen LogP contribution in [0.1, 0.15) is 28.8 Å². The Morgan fingerprint density at radius 1 is 1.11 bits per heavy atom. The third-order valence-corrected chi connectivity index (χ3v) is 5.31. The second kappa shape index (κ2) is 8.59. The zero-order chi connectivity index (χ0) is 19.3. The number of likely N-dealkylation sites (tertiary alicyclic amines) is 1. The Kier molecular flexibility index (Phi) is 5.74. The minimum absolute atomic E-state index is 0.000194. The molecule has 0 saturated carbocycles. The molecule has 2 heterocycles. The van der Waals surface area contributed by atoms with Gasteiger partial charge in [0, 0.05) is 23.7 Å². The van der Waals surface area contributed by atoms with Crippen LogP contribution in [0.2, 0.25) is 5.02 Å². The van der Waals surface area contributed by atoms with Crippen LogP contribution in [-0.4, -0.2) is 40.2 Å². The Morgan fingerprint density at radius 3 is 2.54 bits per heavy atom. The first-order valence-electron chi connectivity index (χ1n) is 9.45. The Bertz CT molecular complexity index is 916. The van der Waals surface area contributed by atoms with Gasteiger partial charge in [0.25, 0.3) is 5.91 Å². The number of halogens is 1. The number of H-pyrrole nitrogens is 1. The molecular formula is C22H22ClN3O2. The van der Waals surface area contributed by atoms with Gasteiger partial charge in [-0.15, -0.1) is 0 Å². The fourth-order valence-electron chi connectivity index (χ4n) is 3.47. The molecule has 0 bridgehead atoms. The van der Waals surface area contributed by atoms with E-state index in [1.807, 2.05) is 47.4 Å². The van der Waals surface area contributed by atoms with Crippen LogP contribution in [-0.2, 0) is 11.3 Å². The SMILES string of the molecule is O=C(c1cn[nH]c1-c1ccc(Cl)cc1)N1CCC(OCc2ccccc2)CC1. The normalized spacial score (nSPS) is 15.0. The van der Waals surface area contributed by atoms with Gasteiger partial charge < -0.3 is 9.64 Å². The lowest BCUT2D eigenvalue weighted by atomic mass is 10.0. The number of amides is 1. The van der Waals surface area contributed by atoms with Gasteiger partial charge in [-0.05, 0) is 30.5 Å². The van der Waals surface area contributed by atoms with Crippen LogP contribution in [0, 0.1) is 0 Å². The van der Waals surface area contributed by atoms with Gasteiger partial charge in [0.1, 0.15) is 0 Å². The van der Waals surface area contributed by atoms with Crippen molar-refractivity contribution in [3.8, 4) is 11.3 Å². The van der Waals surface area contributed by atoms with E-state index in [0.29, 0.717) is 30.3 Å². The third kappa shape index (κ3) is 4.26. The van der Waals surface area contributed by atoms with Crippen molar-refractivity contribution in [2.75, 3.05) is 13.1 Å². The Labute approximate surface area is 169 Å². The minimum atomic E-state index is 0.000194.